The van der Waals surface area contributed by atoms with Crippen LogP contribution in [0.4, 0.5) is 23.2 Å². The second-order valence-corrected chi connectivity index (χ2v) is 5.18. The molecule has 3 rings (SSSR count). The Morgan fingerprint density at radius 2 is 1.95 bits per heavy atom. The largest absolute Gasteiger partial charge is 0.478 e. The van der Waals surface area contributed by atoms with Gasteiger partial charge in [0.1, 0.15) is 0 Å². The number of rotatable bonds is 2. The van der Waals surface area contributed by atoms with Crippen molar-refractivity contribution in [2.75, 3.05) is 18.0 Å². The van der Waals surface area contributed by atoms with Crippen molar-refractivity contribution in [3.8, 4) is 0 Å². The lowest BCUT2D eigenvalue weighted by Gasteiger charge is -2.46. The van der Waals surface area contributed by atoms with Crippen molar-refractivity contribution in [2.45, 2.75) is 11.8 Å². The molecule has 4 nitrogen and oxygen atoms in total. The van der Waals surface area contributed by atoms with Crippen LogP contribution in [0.3, 0.4) is 0 Å². The van der Waals surface area contributed by atoms with Crippen LogP contribution >= 0.6 is 0 Å². The summed E-state index contributed by atoms with van der Waals surface area (Å²) in [6, 6.07) is 5.72. The third-order valence-corrected chi connectivity index (χ3v) is 3.71. The Kier molecular flexibility index (Phi) is 3.01. The van der Waals surface area contributed by atoms with Gasteiger partial charge in [-0.25, -0.2) is 9.18 Å². The van der Waals surface area contributed by atoms with E-state index in [1.165, 1.54) is 35.4 Å². The molecule has 1 saturated heterocycles. The summed E-state index contributed by atoms with van der Waals surface area (Å²) in [5, 5.41) is 9.42. The number of nitrogens with zero attached hydrogens (tertiary/aromatic N) is 2. The number of anilines is 1. The molecule has 2 heterocycles. The van der Waals surface area contributed by atoms with Gasteiger partial charge in [0.2, 0.25) is 5.67 Å². The van der Waals surface area contributed by atoms with Gasteiger partial charge in [0.25, 0.3) is 0 Å². The van der Waals surface area contributed by atoms with E-state index in [9.17, 15) is 22.4 Å². The summed E-state index contributed by atoms with van der Waals surface area (Å²) in [7, 11) is 0. The van der Waals surface area contributed by atoms with Crippen molar-refractivity contribution in [1.29, 1.82) is 0 Å². The number of aromatic carboxylic acids is 1. The molecule has 0 amide bonds. The minimum Gasteiger partial charge on any atom is -0.478 e. The lowest BCUT2D eigenvalue weighted by molar-refractivity contribution is -0.237. The zero-order valence-corrected chi connectivity index (χ0v) is 11.1. The zero-order chi connectivity index (χ0) is 16.1. The van der Waals surface area contributed by atoms with Crippen LogP contribution in [0.5, 0.6) is 0 Å². The van der Waals surface area contributed by atoms with Crippen LogP contribution in [0.1, 0.15) is 10.4 Å². The molecule has 1 N–H and O–H groups in total. The number of carbonyl (C=O) groups is 1. The summed E-state index contributed by atoms with van der Waals surface area (Å²) in [6.07, 6.45) is -3.57. The number of hydrogen-bond acceptors (Lipinski definition) is 3. The molecule has 0 unspecified atom stereocenters. The Morgan fingerprint density at radius 3 is 2.55 bits per heavy atom. The Labute approximate surface area is 122 Å². The average Bonchev–Trinajstić information content (AvgIpc) is 2.41. The maximum absolute atomic E-state index is 13.6. The first-order valence-electron chi connectivity index (χ1n) is 6.34. The fourth-order valence-corrected chi connectivity index (χ4v) is 2.44. The molecule has 8 heteroatoms. The highest BCUT2D eigenvalue weighted by atomic mass is 19.4. The predicted molar refractivity (Wildman–Crippen MR) is 70.8 cm³/mol. The normalized spacial score (nSPS) is 17.4. The fourth-order valence-electron chi connectivity index (χ4n) is 2.44. The third-order valence-electron chi connectivity index (χ3n) is 3.71. The Hall–Kier alpha value is -2.38. The van der Waals surface area contributed by atoms with E-state index in [1.54, 1.807) is 0 Å². The predicted octanol–water partition coefficient (Wildman–Crippen LogP) is 3.02. The molecule has 0 saturated carbocycles. The number of halogens is 4. The number of carboxylic acid groups (broad SMARTS) is 1. The lowest BCUT2D eigenvalue weighted by atomic mass is 9.94. The van der Waals surface area contributed by atoms with Gasteiger partial charge in [-0.05, 0) is 24.3 Å². The molecule has 1 aromatic carbocycles. The maximum atomic E-state index is 13.6. The molecular formula is C14H10F4N2O2. The van der Waals surface area contributed by atoms with Gasteiger partial charge in [0.15, 0.2) is 0 Å². The molecule has 0 aliphatic carbocycles. The number of alkyl halides is 4. The third kappa shape index (κ3) is 2.15. The van der Waals surface area contributed by atoms with E-state index in [2.05, 4.69) is 4.98 Å². The minimum absolute atomic E-state index is 0.00490. The molecule has 2 aromatic rings. The molecule has 1 aliphatic heterocycles. The summed E-state index contributed by atoms with van der Waals surface area (Å²) in [6.45, 7) is -1.60. The first-order valence-corrected chi connectivity index (χ1v) is 6.34. The number of carboxylic acids is 1. The van der Waals surface area contributed by atoms with Gasteiger partial charge in [0, 0.05) is 17.3 Å². The number of aromatic nitrogens is 1. The molecule has 0 bridgehead atoms. The number of fused-ring (bicyclic) bond motifs is 1. The molecule has 0 atom stereocenters. The van der Waals surface area contributed by atoms with E-state index in [-0.39, 0.29) is 5.56 Å². The summed E-state index contributed by atoms with van der Waals surface area (Å²) < 4.78 is 51.1. The van der Waals surface area contributed by atoms with Crippen LogP contribution in [0.15, 0.2) is 30.5 Å². The molecule has 1 fully saturated rings. The highest BCUT2D eigenvalue weighted by molar-refractivity contribution is 6.03. The van der Waals surface area contributed by atoms with Crippen LogP contribution in [0.2, 0.25) is 0 Å². The van der Waals surface area contributed by atoms with Gasteiger partial charge >= 0.3 is 12.1 Å². The van der Waals surface area contributed by atoms with Crippen molar-refractivity contribution < 1.29 is 27.5 Å². The van der Waals surface area contributed by atoms with E-state index >= 15 is 0 Å². The van der Waals surface area contributed by atoms with Crippen molar-refractivity contribution in [2.24, 2.45) is 0 Å². The first kappa shape index (κ1) is 14.6. The second-order valence-electron chi connectivity index (χ2n) is 5.18. The monoisotopic (exact) mass is 314 g/mol. The molecule has 116 valence electrons. The quantitative estimate of drug-likeness (QED) is 0.866. The van der Waals surface area contributed by atoms with Crippen LogP contribution in [0, 0.1) is 0 Å². The van der Waals surface area contributed by atoms with E-state index in [0.717, 1.165) is 0 Å². The van der Waals surface area contributed by atoms with Crippen molar-refractivity contribution in [3.05, 3.63) is 36.0 Å². The second kappa shape index (κ2) is 4.56. The summed E-state index contributed by atoms with van der Waals surface area (Å²) in [5.41, 5.74) is -2.48. The van der Waals surface area contributed by atoms with Crippen LogP contribution in [-0.4, -0.2) is 41.0 Å². The molecule has 0 spiro atoms. The maximum Gasteiger partial charge on any atom is 0.426 e. The van der Waals surface area contributed by atoms with E-state index in [1.807, 2.05) is 0 Å². The highest BCUT2D eigenvalue weighted by Gasteiger charge is 2.63. The fraction of sp³-hybridized carbons (Fsp3) is 0.286. The van der Waals surface area contributed by atoms with Crippen molar-refractivity contribution >= 4 is 22.6 Å². The SMILES string of the molecule is O=C(O)c1ccnc2ccc(N3CC(F)(C(F)(F)F)C3)cc12. The smallest absolute Gasteiger partial charge is 0.426 e. The number of hydrogen-bond donors (Lipinski definition) is 1. The Balaban J connectivity index is 1.94. The van der Waals surface area contributed by atoms with Gasteiger partial charge in [0.05, 0.1) is 24.2 Å². The van der Waals surface area contributed by atoms with Crippen LogP contribution in [-0.2, 0) is 0 Å². The lowest BCUT2D eigenvalue weighted by Crippen LogP contribution is -2.66. The Bertz CT molecular complexity index is 754. The molecular weight excluding hydrogens is 304 g/mol. The minimum atomic E-state index is -4.91. The van der Waals surface area contributed by atoms with Gasteiger partial charge in [-0.2, -0.15) is 13.2 Å². The zero-order valence-electron chi connectivity index (χ0n) is 11.1. The van der Waals surface area contributed by atoms with Gasteiger partial charge < -0.3 is 10.0 Å². The van der Waals surface area contributed by atoms with Crippen molar-refractivity contribution in [1.82, 2.24) is 4.98 Å². The van der Waals surface area contributed by atoms with Gasteiger partial charge in [-0.15, -0.1) is 0 Å². The van der Waals surface area contributed by atoms with E-state index < -0.39 is 30.9 Å². The topological polar surface area (TPSA) is 53.4 Å². The van der Waals surface area contributed by atoms with Gasteiger partial charge in [-0.3, -0.25) is 4.98 Å². The summed E-state index contributed by atoms with van der Waals surface area (Å²) in [5.74, 6) is -1.16. The molecule has 0 radical (unpaired) electrons. The van der Waals surface area contributed by atoms with Gasteiger partial charge in [-0.1, -0.05) is 0 Å². The summed E-state index contributed by atoms with van der Waals surface area (Å²) >= 11 is 0. The molecule has 1 aromatic heterocycles. The highest BCUT2D eigenvalue weighted by Crippen LogP contribution is 2.43. The average molecular weight is 314 g/mol. The van der Waals surface area contributed by atoms with E-state index in [4.69, 9.17) is 5.11 Å². The Morgan fingerprint density at radius 1 is 1.27 bits per heavy atom. The van der Waals surface area contributed by atoms with Crippen LogP contribution in [0.25, 0.3) is 10.9 Å². The summed E-state index contributed by atoms with van der Waals surface area (Å²) in [4.78, 5) is 16.4. The first-order chi connectivity index (χ1) is 10.2. The standard InChI is InChI=1S/C14H10F4N2O2/c15-13(14(16,17)18)6-20(7-13)8-1-2-11-10(5-8)9(12(21)22)3-4-19-11/h1-5H,6-7H2,(H,21,22). The number of pyridine rings is 1. The van der Waals surface area contributed by atoms with E-state index in [0.29, 0.717) is 16.6 Å². The molecule has 1 aliphatic rings. The number of benzene rings is 1. The van der Waals surface area contributed by atoms with Crippen molar-refractivity contribution in [3.63, 3.8) is 0 Å². The molecule has 22 heavy (non-hydrogen) atoms. The van der Waals surface area contributed by atoms with Crippen LogP contribution < -0.4 is 4.90 Å².